The van der Waals surface area contributed by atoms with Gasteiger partial charge >= 0.3 is 6.03 Å². The van der Waals surface area contributed by atoms with Gasteiger partial charge in [-0.2, -0.15) is 0 Å². The normalized spacial score (nSPS) is 17.0. The third kappa shape index (κ3) is 3.83. The maximum Gasteiger partial charge on any atom is 0.321 e. The maximum atomic E-state index is 12.8. The summed E-state index contributed by atoms with van der Waals surface area (Å²) in [7, 11) is 3.21. The first-order valence-corrected chi connectivity index (χ1v) is 8.25. The van der Waals surface area contributed by atoms with Crippen molar-refractivity contribution in [1.82, 2.24) is 10.2 Å². The van der Waals surface area contributed by atoms with Crippen molar-refractivity contribution in [1.29, 1.82) is 0 Å². The molecule has 26 heavy (non-hydrogen) atoms. The van der Waals surface area contributed by atoms with E-state index >= 15 is 0 Å². The van der Waals surface area contributed by atoms with Gasteiger partial charge in [0.1, 0.15) is 5.75 Å². The number of carbonyl (C=O) groups excluding carboxylic acids is 2. The Balaban J connectivity index is 1.89. The summed E-state index contributed by atoms with van der Waals surface area (Å²) in [6.07, 6.45) is 4.89. The molecule has 1 atom stereocenters. The summed E-state index contributed by atoms with van der Waals surface area (Å²) in [4.78, 5) is 26.2. The van der Waals surface area contributed by atoms with Crippen molar-refractivity contribution in [3.63, 3.8) is 0 Å². The monoisotopic (exact) mass is 348 g/mol. The number of carbonyl (C=O) groups is 2. The largest absolute Gasteiger partial charge is 0.497 e. The summed E-state index contributed by atoms with van der Waals surface area (Å²) in [6, 6.07) is 16.1. The Kier molecular flexibility index (Phi) is 5.17. The zero-order valence-electron chi connectivity index (χ0n) is 14.7. The van der Waals surface area contributed by atoms with Gasteiger partial charge in [-0.15, -0.1) is 0 Å². The van der Waals surface area contributed by atoms with Gasteiger partial charge < -0.3 is 15.0 Å². The SMILES string of the molecule is COc1ccc([C@H]2NC(=O)N(C)C=C2C(=O)C=Cc2ccccc2)cc1. The van der Waals surface area contributed by atoms with Gasteiger partial charge in [-0.3, -0.25) is 4.79 Å². The Morgan fingerprint density at radius 1 is 1.12 bits per heavy atom. The predicted octanol–water partition coefficient (Wildman–Crippen LogP) is 3.56. The number of benzene rings is 2. The Bertz CT molecular complexity index is 855. The minimum atomic E-state index is -0.502. The highest BCUT2D eigenvalue weighted by atomic mass is 16.5. The fourth-order valence-corrected chi connectivity index (χ4v) is 2.74. The summed E-state index contributed by atoms with van der Waals surface area (Å²) in [5, 5.41) is 2.87. The van der Waals surface area contributed by atoms with Crippen LogP contribution in [0.15, 0.2) is 72.4 Å². The molecule has 0 saturated heterocycles. The molecule has 1 heterocycles. The zero-order chi connectivity index (χ0) is 18.5. The number of rotatable bonds is 5. The lowest BCUT2D eigenvalue weighted by Crippen LogP contribution is -2.43. The molecule has 0 aromatic heterocycles. The Hall–Kier alpha value is -3.34. The molecular formula is C21H20N2O3. The van der Waals surface area contributed by atoms with E-state index in [2.05, 4.69) is 5.32 Å². The lowest BCUT2D eigenvalue weighted by atomic mass is 9.94. The van der Waals surface area contributed by atoms with Crippen molar-refractivity contribution in [3.05, 3.63) is 83.6 Å². The highest BCUT2D eigenvalue weighted by Crippen LogP contribution is 2.28. The lowest BCUT2D eigenvalue weighted by molar-refractivity contribution is -0.111. The minimum Gasteiger partial charge on any atom is -0.497 e. The molecule has 0 spiro atoms. The number of ketones is 1. The van der Waals surface area contributed by atoms with E-state index in [1.54, 1.807) is 26.4 Å². The summed E-state index contributed by atoms with van der Waals surface area (Å²) in [5.74, 6) is 0.565. The third-order valence-corrected chi connectivity index (χ3v) is 4.19. The van der Waals surface area contributed by atoms with Gasteiger partial charge in [0.2, 0.25) is 0 Å². The summed E-state index contributed by atoms with van der Waals surface area (Å²) in [5.41, 5.74) is 2.26. The van der Waals surface area contributed by atoms with Gasteiger partial charge in [-0.25, -0.2) is 4.79 Å². The molecule has 0 fully saturated rings. The Labute approximate surface area is 152 Å². The molecule has 1 aliphatic heterocycles. The van der Waals surface area contributed by atoms with Crippen LogP contribution in [0.4, 0.5) is 4.79 Å². The van der Waals surface area contributed by atoms with Gasteiger partial charge in [0.15, 0.2) is 5.78 Å². The highest BCUT2D eigenvalue weighted by molar-refractivity contribution is 6.08. The fraction of sp³-hybridized carbons (Fsp3) is 0.143. The number of nitrogens with one attached hydrogen (secondary N) is 1. The second-order valence-corrected chi connectivity index (χ2v) is 5.96. The van der Waals surface area contributed by atoms with Crippen molar-refractivity contribution in [2.24, 2.45) is 0 Å². The van der Waals surface area contributed by atoms with Crippen molar-refractivity contribution in [3.8, 4) is 5.75 Å². The quantitative estimate of drug-likeness (QED) is 0.841. The van der Waals surface area contributed by atoms with Crippen LogP contribution in [0.3, 0.4) is 0 Å². The van der Waals surface area contributed by atoms with Gasteiger partial charge in [-0.05, 0) is 29.3 Å². The van der Waals surface area contributed by atoms with E-state index in [1.165, 1.54) is 11.0 Å². The van der Waals surface area contributed by atoms with Crippen molar-refractivity contribution < 1.29 is 14.3 Å². The van der Waals surface area contributed by atoms with E-state index in [0.29, 0.717) is 11.3 Å². The molecule has 5 nitrogen and oxygen atoms in total. The number of nitrogens with zero attached hydrogens (tertiary/aromatic N) is 1. The molecule has 0 saturated carbocycles. The number of ether oxygens (including phenoxy) is 1. The van der Waals surface area contributed by atoms with Crippen molar-refractivity contribution in [2.75, 3.05) is 14.2 Å². The Morgan fingerprint density at radius 3 is 2.46 bits per heavy atom. The number of urea groups is 1. The van der Waals surface area contributed by atoms with Gasteiger partial charge in [0.05, 0.1) is 13.2 Å². The molecule has 0 bridgehead atoms. The van der Waals surface area contributed by atoms with Crippen LogP contribution in [0.2, 0.25) is 0 Å². The van der Waals surface area contributed by atoms with Crippen molar-refractivity contribution in [2.45, 2.75) is 6.04 Å². The lowest BCUT2D eigenvalue weighted by Gasteiger charge is -2.29. The second kappa shape index (κ2) is 7.70. The summed E-state index contributed by atoms with van der Waals surface area (Å²) >= 11 is 0. The number of allylic oxidation sites excluding steroid dienone is 1. The molecular weight excluding hydrogens is 328 g/mol. The smallest absolute Gasteiger partial charge is 0.321 e. The first kappa shape index (κ1) is 17.5. The van der Waals surface area contributed by atoms with Crippen LogP contribution in [0.5, 0.6) is 5.75 Å². The molecule has 0 radical (unpaired) electrons. The molecule has 2 aromatic carbocycles. The molecule has 1 aliphatic rings. The molecule has 0 unspecified atom stereocenters. The average molecular weight is 348 g/mol. The standard InChI is InChI=1S/C21H20N2O3/c1-23-14-18(19(24)13-8-15-6-4-3-5-7-15)20(22-21(23)25)16-9-11-17(26-2)12-10-16/h3-14,20H,1-2H3,(H,22,25)/t20-/m1/s1. The second-order valence-electron chi connectivity index (χ2n) is 5.96. The topological polar surface area (TPSA) is 58.6 Å². The van der Waals surface area contributed by atoms with Crippen LogP contribution in [0.1, 0.15) is 17.2 Å². The first-order chi connectivity index (χ1) is 12.6. The average Bonchev–Trinajstić information content (AvgIpc) is 2.68. The van der Waals surface area contributed by atoms with Crippen LogP contribution >= 0.6 is 0 Å². The molecule has 2 aromatic rings. The van der Waals surface area contributed by atoms with Gasteiger partial charge in [0, 0.05) is 18.8 Å². The van der Waals surface area contributed by atoms with E-state index in [-0.39, 0.29) is 11.8 Å². The summed E-state index contributed by atoms with van der Waals surface area (Å²) < 4.78 is 5.17. The van der Waals surface area contributed by atoms with Gasteiger partial charge in [-0.1, -0.05) is 48.5 Å². The first-order valence-electron chi connectivity index (χ1n) is 8.25. The molecule has 1 N–H and O–H groups in total. The number of hydrogen-bond donors (Lipinski definition) is 1. The van der Waals surface area contributed by atoms with Crippen LogP contribution in [-0.2, 0) is 4.79 Å². The summed E-state index contributed by atoms with van der Waals surface area (Å²) in [6.45, 7) is 0. The molecule has 2 amide bonds. The molecule has 5 heteroatoms. The number of methoxy groups -OCH3 is 1. The van der Waals surface area contributed by atoms with Gasteiger partial charge in [0.25, 0.3) is 0 Å². The Morgan fingerprint density at radius 2 is 1.81 bits per heavy atom. The van der Waals surface area contributed by atoms with E-state index in [4.69, 9.17) is 4.74 Å². The zero-order valence-corrected chi connectivity index (χ0v) is 14.7. The number of amides is 2. The molecule has 3 rings (SSSR count). The van der Waals surface area contributed by atoms with Crippen molar-refractivity contribution >= 4 is 17.9 Å². The maximum absolute atomic E-state index is 12.8. The molecule has 132 valence electrons. The van der Waals surface area contributed by atoms with E-state index in [1.807, 2.05) is 54.6 Å². The van der Waals surface area contributed by atoms with Crippen LogP contribution in [0, 0.1) is 0 Å². The minimum absolute atomic E-state index is 0.151. The number of hydrogen-bond acceptors (Lipinski definition) is 3. The van der Waals surface area contributed by atoms with E-state index < -0.39 is 6.04 Å². The predicted molar refractivity (Wildman–Crippen MR) is 101 cm³/mol. The molecule has 0 aliphatic carbocycles. The van der Waals surface area contributed by atoms with Crippen LogP contribution < -0.4 is 10.1 Å². The fourth-order valence-electron chi connectivity index (χ4n) is 2.74. The van der Waals surface area contributed by atoms with E-state index in [0.717, 1.165) is 11.1 Å². The van der Waals surface area contributed by atoms with E-state index in [9.17, 15) is 9.59 Å². The van der Waals surface area contributed by atoms with Crippen LogP contribution in [0.25, 0.3) is 6.08 Å². The third-order valence-electron chi connectivity index (χ3n) is 4.19. The highest BCUT2D eigenvalue weighted by Gasteiger charge is 2.29. The van der Waals surface area contributed by atoms with Crippen LogP contribution in [-0.4, -0.2) is 30.9 Å².